The second-order valence-electron chi connectivity index (χ2n) is 8.43. The van der Waals surface area contributed by atoms with Crippen LogP contribution in [0.25, 0.3) is 10.9 Å². The minimum absolute atomic E-state index is 0.0145. The maximum Gasteiger partial charge on any atom is 0.225 e. The highest BCUT2D eigenvalue weighted by molar-refractivity contribution is 6.31. The zero-order valence-corrected chi connectivity index (χ0v) is 19.0. The van der Waals surface area contributed by atoms with Crippen molar-refractivity contribution < 1.29 is 9.18 Å². The summed E-state index contributed by atoms with van der Waals surface area (Å²) >= 11 is 6.05. The molecule has 0 saturated heterocycles. The maximum atomic E-state index is 13.2. The number of rotatable bonds is 6. The van der Waals surface area contributed by atoms with Gasteiger partial charge in [-0.15, -0.1) is 0 Å². The Bertz CT molecular complexity index is 1110. The Morgan fingerprint density at radius 1 is 1.12 bits per heavy atom. The molecule has 1 amide bonds. The van der Waals surface area contributed by atoms with Gasteiger partial charge >= 0.3 is 0 Å². The number of aromatic nitrogens is 2. The van der Waals surface area contributed by atoms with Crippen LogP contribution in [0, 0.1) is 11.7 Å². The second kappa shape index (κ2) is 9.69. The Morgan fingerprint density at radius 2 is 1.88 bits per heavy atom. The number of carbonyl (C=O) groups is 1. The van der Waals surface area contributed by atoms with E-state index in [0.29, 0.717) is 23.1 Å². The molecule has 0 radical (unpaired) electrons. The van der Waals surface area contributed by atoms with E-state index in [0.717, 1.165) is 42.4 Å². The van der Waals surface area contributed by atoms with Gasteiger partial charge in [-0.05, 0) is 55.5 Å². The fourth-order valence-electron chi connectivity index (χ4n) is 4.14. The molecule has 0 atom stereocenters. The van der Waals surface area contributed by atoms with Crippen molar-refractivity contribution in [2.45, 2.75) is 38.3 Å². The van der Waals surface area contributed by atoms with Crippen LogP contribution in [0.2, 0.25) is 5.02 Å². The molecule has 0 unspecified atom stereocenters. The smallest absolute Gasteiger partial charge is 0.225 e. The molecular formula is C24H27ClFN5O. The Labute approximate surface area is 192 Å². The first kappa shape index (κ1) is 22.3. The van der Waals surface area contributed by atoms with Gasteiger partial charge in [0, 0.05) is 43.0 Å². The van der Waals surface area contributed by atoms with Gasteiger partial charge < -0.3 is 15.5 Å². The van der Waals surface area contributed by atoms with Crippen molar-refractivity contribution in [3.63, 3.8) is 0 Å². The average molecular weight is 456 g/mol. The summed E-state index contributed by atoms with van der Waals surface area (Å²) in [5, 5.41) is 7.74. The third-order valence-electron chi connectivity index (χ3n) is 5.91. The monoisotopic (exact) mass is 455 g/mol. The fraction of sp³-hybridized carbons (Fsp3) is 0.375. The lowest BCUT2D eigenvalue weighted by Gasteiger charge is -2.28. The lowest BCUT2D eigenvalue weighted by atomic mass is 9.85. The summed E-state index contributed by atoms with van der Waals surface area (Å²) in [6, 6.07) is 12.4. The number of fused-ring (bicyclic) bond motifs is 1. The number of nitrogens with zero attached hydrogens (tertiary/aromatic N) is 3. The molecular weight excluding hydrogens is 429 g/mol. The van der Waals surface area contributed by atoms with Gasteiger partial charge in [0.05, 0.1) is 5.52 Å². The number of anilines is 2. The van der Waals surface area contributed by atoms with Gasteiger partial charge in [0.25, 0.3) is 0 Å². The lowest BCUT2D eigenvalue weighted by molar-refractivity contribution is -0.126. The molecule has 4 rings (SSSR count). The normalized spacial score (nSPS) is 18.4. The molecule has 0 bridgehead atoms. The maximum absolute atomic E-state index is 13.2. The molecule has 8 heteroatoms. The average Bonchev–Trinajstić information content (AvgIpc) is 2.78. The van der Waals surface area contributed by atoms with Gasteiger partial charge in [-0.2, -0.15) is 4.98 Å². The SMILES string of the molecule is CN(C)c1nc(NC2CCC(C(=O)NCc3ccc(F)cc3Cl)CC2)nc2ccccc12. The van der Waals surface area contributed by atoms with Crippen LogP contribution < -0.4 is 15.5 Å². The van der Waals surface area contributed by atoms with Crippen LogP contribution in [0.1, 0.15) is 31.2 Å². The van der Waals surface area contributed by atoms with E-state index in [2.05, 4.69) is 15.6 Å². The summed E-state index contributed by atoms with van der Waals surface area (Å²) in [6.45, 7) is 0.300. The van der Waals surface area contributed by atoms with Crippen molar-refractivity contribution in [1.29, 1.82) is 0 Å². The van der Waals surface area contributed by atoms with Gasteiger partial charge in [-0.3, -0.25) is 4.79 Å². The van der Waals surface area contributed by atoms with E-state index in [4.69, 9.17) is 16.6 Å². The Morgan fingerprint density at radius 3 is 2.59 bits per heavy atom. The zero-order chi connectivity index (χ0) is 22.7. The predicted molar refractivity (Wildman–Crippen MR) is 126 cm³/mol. The lowest BCUT2D eigenvalue weighted by Crippen LogP contribution is -2.36. The topological polar surface area (TPSA) is 70.2 Å². The van der Waals surface area contributed by atoms with Crippen molar-refractivity contribution >= 4 is 40.2 Å². The zero-order valence-electron chi connectivity index (χ0n) is 18.2. The van der Waals surface area contributed by atoms with Crippen LogP contribution >= 0.6 is 11.6 Å². The Balaban J connectivity index is 1.33. The van der Waals surface area contributed by atoms with E-state index < -0.39 is 0 Å². The van der Waals surface area contributed by atoms with Crippen molar-refractivity contribution in [2.24, 2.45) is 5.92 Å². The van der Waals surface area contributed by atoms with Crippen molar-refractivity contribution in [1.82, 2.24) is 15.3 Å². The minimum Gasteiger partial charge on any atom is -0.362 e. The summed E-state index contributed by atoms with van der Waals surface area (Å²) in [5.74, 6) is 1.09. The third kappa shape index (κ3) is 5.10. The number of hydrogen-bond donors (Lipinski definition) is 2. The molecule has 0 spiro atoms. The molecule has 6 nitrogen and oxygen atoms in total. The van der Waals surface area contributed by atoms with Crippen LogP contribution in [-0.2, 0) is 11.3 Å². The molecule has 1 aliphatic rings. The standard InChI is InChI=1S/C24H27ClFN5O/c1-31(2)22-19-5-3-4-6-21(19)29-24(30-22)28-18-11-8-15(9-12-18)23(32)27-14-16-7-10-17(26)13-20(16)25/h3-7,10,13,15,18H,8-9,11-12,14H2,1-2H3,(H,27,32)(H,28,29,30). The van der Waals surface area contributed by atoms with Crippen LogP contribution in [0.3, 0.4) is 0 Å². The van der Waals surface area contributed by atoms with E-state index in [1.165, 1.54) is 12.1 Å². The van der Waals surface area contributed by atoms with E-state index in [1.54, 1.807) is 6.07 Å². The summed E-state index contributed by atoms with van der Waals surface area (Å²) in [6.07, 6.45) is 3.30. The molecule has 0 aliphatic heterocycles. The first-order chi connectivity index (χ1) is 15.4. The molecule has 1 heterocycles. The molecule has 3 aromatic rings. The highest BCUT2D eigenvalue weighted by atomic mass is 35.5. The number of halogens is 2. The number of nitrogens with one attached hydrogen (secondary N) is 2. The third-order valence-corrected chi connectivity index (χ3v) is 6.26. The van der Waals surface area contributed by atoms with Gasteiger partial charge in [-0.1, -0.05) is 29.8 Å². The van der Waals surface area contributed by atoms with Gasteiger partial charge in [-0.25, -0.2) is 9.37 Å². The largest absolute Gasteiger partial charge is 0.362 e. The summed E-state index contributed by atoms with van der Waals surface area (Å²) in [5.41, 5.74) is 1.61. The van der Waals surface area contributed by atoms with E-state index in [1.807, 2.05) is 43.3 Å². The van der Waals surface area contributed by atoms with Crippen LogP contribution in [0.5, 0.6) is 0 Å². The van der Waals surface area contributed by atoms with E-state index >= 15 is 0 Å². The van der Waals surface area contributed by atoms with Gasteiger partial charge in [0.2, 0.25) is 11.9 Å². The highest BCUT2D eigenvalue weighted by Crippen LogP contribution is 2.28. The van der Waals surface area contributed by atoms with E-state index in [9.17, 15) is 9.18 Å². The molecule has 1 saturated carbocycles. The minimum atomic E-state index is -0.385. The molecule has 1 aliphatic carbocycles. The molecule has 1 aromatic heterocycles. The van der Waals surface area contributed by atoms with E-state index in [-0.39, 0.29) is 23.7 Å². The Hall–Kier alpha value is -2.93. The molecule has 1 fully saturated rings. The quantitative estimate of drug-likeness (QED) is 0.560. The molecule has 32 heavy (non-hydrogen) atoms. The van der Waals surface area contributed by atoms with Gasteiger partial charge in [0.15, 0.2) is 0 Å². The van der Waals surface area contributed by atoms with Crippen LogP contribution in [-0.4, -0.2) is 36.0 Å². The van der Waals surface area contributed by atoms with Crippen molar-refractivity contribution in [3.8, 4) is 0 Å². The highest BCUT2D eigenvalue weighted by Gasteiger charge is 2.27. The summed E-state index contributed by atoms with van der Waals surface area (Å²) in [4.78, 5) is 24.0. The number of para-hydroxylation sites is 1. The predicted octanol–water partition coefficient (Wildman–Crippen LogP) is 4.78. The number of carbonyl (C=O) groups excluding carboxylic acids is 1. The molecule has 2 N–H and O–H groups in total. The van der Waals surface area contributed by atoms with Crippen molar-refractivity contribution in [3.05, 3.63) is 58.9 Å². The van der Waals surface area contributed by atoms with Gasteiger partial charge in [0.1, 0.15) is 11.6 Å². The summed E-state index contributed by atoms with van der Waals surface area (Å²) < 4.78 is 13.2. The first-order valence-electron chi connectivity index (χ1n) is 10.8. The number of amides is 1. The first-order valence-corrected chi connectivity index (χ1v) is 11.2. The number of benzene rings is 2. The second-order valence-corrected chi connectivity index (χ2v) is 8.84. The fourth-order valence-corrected chi connectivity index (χ4v) is 4.37. The number of hydrogen-bond acceptors (Lipinski definition) is 5. The van der Waals surface area contributed by atoms with Crippen LogP contribution in [0.4, 0.5) is 16.2 Å². The molecule has 168 valence electrons. The molecule has 2 aromatic carbocycles. The van der Waals surface area contributed by atoms with Crippen molar-refractivity contribution in [2.75, 3.05) is 24.3 Å². The summed E-state index contributed by atoms with van der Waals surface area (Å²) in [7, 11) is 3.95. The Kier molecular flexibility index (Phi) is 6.74. The van der Waals surface area contributed by atoms with Crippen LogP contribution in [0.15, 0.2) is 42.5 Å².